The second-order valence-electron chi connectivity index (χ2n) is 7.27. The summed E-state index contributed by atoms with van der Waals surface area (Å²) in [6, 6.07) is 16.1. The number of hydrogen-bond acceptors (Lipinski definition) is 4. The molecule has 0 aromatic heterocycles. The zero-order valence-electron chi connectivity index (χ0n) is 16.6. The number of unbranched alkanes of at least 4 members (excludes halogenated alkanes) is 5. The predicted octanol–water partition coefficient (Wildman–Crippen LogP) is 5.33. The van der Waals surface area contributed by atoms with Crippen LogP contribution in [0.2, 0.25) is 0 Å². The molecule has 3 rings (SSSR count). The summed E-state index contributed by atoms with van der Waals surface area (Å²) in [4.78, 5) is 0. The van der Waals surface area contributed by atoms with E-state index in [9.17, 15) is 5.11 Å². The minimum absolute atomic E-state index is 0.0436. The van der Waals surface area contributed by atoms with Gasteiger partial charge >= 0.3 is 0 Å². The van der Waals surface area contributed by atoms with Crippen molar-refractivity contribution in [1.29, 1.82) is 0 Å². The van der Waals surface area contributed by atoms with E-state index in [1.54, 1.807) is 0 Å². The van der Waals surface area contributed by atoms with Gasteiger partial charge in [0.05, 0.1) is 26.4 Å². The van der Waals surface area contributed by atoms with E-state index >= 15 is 0 Å². The van der Waals surface area contributed by atoms with Crippen molar-refractivity contribution in [3.8, 4) is 16.9 Å². The lowest BCUT2D eigenvalue weighted by Gasteiger charge is -2.11. The number of aliphatic hydroxyl groups excluding tert-OH is 1. The van der Waals surface area contributed by atoms with Crippen LogP contribution in [0.15, 0.2) is 48.5 Å². The van der Waals surface area contributed by atoms with Crippen LogP contribution < -0.4 is 4.74 Å². The SMILES string of the molecule is OCc1ccccc1-c1cccc(OCCCCCCCCC2OCCO2)c1. The molecule has 28 heavy (non-hydrogen) atoms. The number of hydrogen-bond donors (Lipinski definition) is 1. The Balaban J connectivity index is 1.31. The summed E-state index contributed by atoms with van der Waals surface area (Å²) in [5.74, 6) is 0.891. The lowest BCUT2D eigenvalue weighted by atomic mass is 10.00. The van der Waals surface area contributed by atoms with Crippen molar-refractivity contribution in [2.24, 2.45) is 0 Å². The molecule has 1 heterocycles. The van der Waals surface area contributed by atoms with Gasteiger partial charge in [-0.15, -0.1) is 0 Å². The van der Waals surface area contributed by atoms with E-state index in [0.29, 0.717) is 0 Å². The predicted molar refractivity (Wildman–Crippen MR) is 111 cm³/mol. The summed E-state index contributed by atoms with van der Waals surface area (Å²) in [6.45, 7) is 2.29. The highest BCUT2D eigenvalue weighted by Crippen LogP contribution is 2.27. The van der Waals surface area contributed by atoms with Crippen molar-refractivity contribution in [1.82, 2.24) is 0 Å². The minimum atomic E-state index is 0.0436. The van der Waals surface area contributed by atoms with Gasteiger partial charge in [0.2, 0.25) is 0 Å². The van der Waals surface area contributed by atoms with Gasteiger partial charge in [-0.2, -0.15) is 0 Å². The van der Waals surface area contributed by atoms with E-state index in [1.807, 2.05) is 36.4 Å². The number of ether oxygens (including phenoxy) is 3. The molecule has 0 amide bonds. The van der Waals surface area contributed by atoms with Gasteiger partial charge in [0, 0.05) is 0 Å². The summed E-state index contributed by atoms with van der Waals surface area (Å²) in [6.07, 6.45) is 8.29. The average molecular weight is 385 g/mol. The first kappa shape index (κ1) is 20.8. The highest BCUT2D eigenvalue weighted by Gasteiger charge is 2.14. The lowest BCUT2D eigenvalue weighted by Crippen LogP contribution is -2.06. The van der Waals surface area contributed by atoms with Gasteiger partial charge in [0.25, 0.3) is 0 Å². The summed E-state index contributed by atoms with van der Waals surface area (Å²) < 4.78 is 16.8. The second-order valence-corrected chi connectivity index (χ2v) is 7.27. The summed E-state index contributed by atoms with van der Waals surface area (Å²) >= 11 is 0. The maximum atomic E-state index is 9.54. The molecule has 0 spiro atoms. The molecule has 152 valence electrons. The van der Waals surface area contributed by atoms with Crippen molar-refractivity contribution in [2.75, 3.05) is 19.8 Å². The Bertz CT molecular complexity index is 695. The molecule has 0 bridgehead atoms. The molecule has 0 radical (unpaired) electrons. The van der Waals surface area contributed by atoms with Gasteiger partial charge in [0.1, 0.15) is 5.75 Å². The van der Waals surface area contributed by atoms with Crippen LogP contribution in [0.5, 0.6) is 5.75 Å². The normalized spacial score (nSPS) is 14.5. The standard InChI is InChI=1S/C24H32O4/c25-19-21-10-6-7-13-23(21)20-11-9-12-22(18-20)26-15-8-4-2-1-3-5-14-24-27-16-17-28-24/h6-7,9-13,18,24-25H,1-5,8,14-17,19H2. The molecule has 1 fully saturated rings. The average Bonchev–Trinajstić information content (AvgIpc) is 3.26. The molecular weight excluding hydrogens is 352 g/mol. The van der Waals surface area contributed by atoms with Gasteiger partial charge in [-0.1, -0.05) is 62.1 Å². The van der Waals surface area contributed by atoms with E-state index < -0.39 is 0 Å². The zero-order valence-corrected chi connectivity index (χ0v) is 16.6. The summed E-state index contributed by atoms with van der Waals surface area (Å²) in [7, 11) is 0. The van der Waals surface area contributed by atoms with Crippen LogP contribution in [0.25, 0.3) is 11.1 Å². The molecule has 2 aromatic carbocycles. The molecule has 1 aliphatic heterocycles. The van der Waals surface area contributed by atoms with Crippen LogP contribution in [0.1, 0.15) is 50.5 Å². The number of aliphatic hydroxyl groups is 1. The fraction of sp³-hybridized carbons (Fsp3) is 0.500. The molecule has 1 N–H and O–H groups in total. The summed E-state index contributed by atoms with van der Waals surface area (Å²) in [5.41, 5.74) is 3.08. The lowest BCUT2D eigenvalue weighted by molar-refractivity contribution is -0.0480. The van der Waals surface area contributed by atoms with Crippen LogP contribution in [-0.2, 0) is 16.1 Å². The molecule has 1 aliphatic rings. The number of rotatable bonds is 12. The van der Waals surface area contributed by atoms with Gasteiger partial charge in [0.15, 0.2) is 6.29 Å². The first-order valence-electron chi connectivity index (χ1n) is 10.5. The fourth-order valence-electron chi connectivity index (χ4n) is 3.58. The number of benzene rings is 2. The molecule has 0 atom stereocenters. The Morgan fingerprint density at radius 2 is 1.61 bits per heavy atom. The maximum absolute atomic E-state index is 9.54. The zero-order chi connectivity index (χ0) is 19.4. The Labute approximate surface area is 168 Å². The second kappa shape index (κ2) is 11.8. The molecule has 0 saturated carbocycles. The van der Waals surface area contributed by atoms with Crippen LogP contribution in [0.4, 0.5) is 0 Å². The van der Waals surface area contributed by atoms with Crippen molar-refractivity contribution >= 4 is 0 Å². The Kier molecular flexibility index (Phi) is 8.82. The highest BCUT2D eigenvalue weighted by atomic mass is 16.7. The molecule has 4 nitrogen and oxygen atoms in total. The molecule has 2 aromatic rings. The fourth-order valence-corrected chi connectivity index (χ4v) is 3.58. The highest BCUT2D eigenvalue weighted by molar-refractivity contribution is 5.68. The molecule has 0 unspecified atom stereocenters. The molecule has 1 saturated heterocycles. The quantitative estimate of drug-likeness (QED) is 0.503. The third kappa shape index (κ3) is 6.62. The van der Waals surface area contributed by atoms with Crippen LogP contribution in [0.3, 0.4) is 0 Å². The molecular formula is C24H32O4. The first-order valence-corrected chi connectivity index (χ1v) is 10.5. The van der Waals surface area contributed by atoms with Gasteiger partial charge < -0.3 is 19.3 Å². The maximum Gasteiger partial charge on any atom is 0.157 e. The van der Waals surface area contributed by atoms with E-state index in [4.69, 9.17) is 14.2 Å². The smallest absolute Gasteiger partial charge is 0.157 e. The third-order valence-corrected chi connectivity index (χ3v) is 5.13. The molecule has 4 heteroatoms. The monoisotopic (exact) mass is 384 g/mol. The topological polar surface area (TPSA) is 47.9 Å². The van der Waals surface area contributed by atoms with Crippen LogP contribution in [-0.4, -0.2) is 31.2 Å². The van der Waals surface area contributed by atoms with Crippen molar-refractivity contribution in [2.45, 2.75) is 57.8 Å². The van der Waals surface area contributed by atoms with Crippen molar-refractivity contribution in [3.63, 3.8) is 0 Å². The van der Waals surface area contributed by atoms with Gasteiger partial charge in [-0.25, -0.2) is 0 Å². The van der Waals surface area contributed by atoms with Gasteiger partial charge in [-0.3, -0.25) is 0 Å². The Morgan fingerprint density at radius 3 is 2.43 bits per heavy atom. The van der Waals surface area contributed by atoms with E-state index in [0.717, 1.165) is 55.1 Å². The van der Waals surface area contributed by atoms with Crippen LogP contribution >= 0.6 is 0 Å². The Morgan fingerprint density at radius 1 is 0.857 bits per heavy atom. The van der Waals surface area contributed by atoms with Crippen molar-refractivity contribution in [3.05, 3.63) is 54.1 Å². The minimum Gasteiger partial charge on any atom is -0.494 e. The summed E-state index contributed by atoms with van der Waals surface area (Å²) in [5, 5.41) is 9.54. The van der Waals surface area contributed by atoms with Crippen molar-refractivity contribution < 1.29 is 19.3 Å². The van der Waals surface area contributed by atoms with Gasteiger partial charge in [-0.05, 0) is 48.1 Å². The van der Waals surface area contributed by atoms with E-state index in [-0.39, 0.29) is 12.9 Å². The largest absolute Gasteiger partial charge is 0.494 e. The van der Waals surface area contributed by atoms with Crippen LogP contribution in [0, 0.1) is 0 Å². The first-order chi connectivity index (χ1) is 13.9. The molecule has 0 aliphatic carbocycles. The van der Waals surface area contributed by atoms with E-state index in [1.165, 1.54) is 32.1 Å². The van der Waals surface area contributed by atoms with E-state index in [2.05, 4.69) is 12.1 Å². The Hall–Kier alpha value is -1.88. The third-order valence-electron chi connectivity index (χ3n) is 5.13.